The Labute approximate surface area is 104 Å². The zero-order chi connectivity index (χ0) is 11.1. The standard InChI is InChI=1S/C12H13ClN2S/c13-9-6-3-7-10-11(9)14-12(16)15(10)8-4-1-2-5-8/h3,6-8H,1-2,4-5H2,(H,14,16). The molecule has 0 spiro atoms. The first kappa shape index (κ1) is 10.4. The molecule has 0 amide bonds. The minimum Gasteiger partial charge on any atom is -0.329 e. The maximum absolute atomic E-state index is 6.16. The lowest BCUT2D eigenvalue weighted by atomic mass is 10.2. The predicted octanol–water partition coefficient (Wildman–Crippen LogP) is 4.47. The van der Waals surface area contributed by atoms with Crippen LogP contribution in [0.3, 0.4) is 0 Å². The highest BCUT2D eigenvalue weighted by Gasteiger charge is 2.20. The van der Waals surface area contributed by atoms with E-state index in [9.17, 15) is 0 Å². The van der Waals surface area contributed by atoms with Gasteiger partial charge in [0.1, 0.15) is 0 Å². The second kappa shape index (κ2) is 3.90. The van der Waals surface area contributed by atoms with Gasteiger partial charge in [-0.25, -0.2) is 0 Å². The van der Waals surface area contributed by atoms with Crippen LogP contribution < -0.4 is 0 Å². The first-order valence-corrected chi connectivity index (χ1v) is 6.45. The molecule has 0 saturated heterocycles. The Morgan fingerprint density at radius 2 is 2.06 bits per heavy atom. The minimum absolute atomic E-state index is 0.555. The van der Waals surface area contributed by atoms with E-state index in [1.54, 1.807) is 0 Å². The molecule has 2 nitrogen and oxygen atoms in total. The molecule has 0 aliphatic heterocycles. The lowest BCUT2D eigenvalue weighted by molar-refractivity contribution is 0.526. The number of imidazole rings is 1. The average molecular weight is 253 g/mol. The highest BCUT2D eigenvalue weighted by atomic mass is 35.5. The predicted molar refractivity (Wildman–Crippen MR) is 69.6 cm³/mol. The number of benzene rings is 1. The minimum atomic E-state index is 0.555. The van der Waals surface area contributed by atoms with Crippen LogP contribution in [-0.4, -0.2) is 9.55 Å². The van der Waals surface area contributed by atoms with E-state index in [-0.39, 0.29) is 0 Å². The van der Waals surface area contributed by atoms with Crippen molar-refractivity contribution in [1.29, 1.82) is 0 Å². The maximum atomic E-state index is 6.16. The van der Waals surface area contributed by atoms with E-state index in [4.69, 9.17) is 23.8 Å². The molecule has 1 aliphatic rings. The van der Waals surface area contributed by atoms with Crippen molar-refractivity contribution in [2.24, 2.45) is 0 Å². The molecule has 1 aliphatic carbocycles. The SMILES string of the molecule is S=c1[nH]c2c(Cl)cccc2n1C1CCCC1. The van der Waals surface area contributed by atoms with Crippen molar-refractivity contribution in [2.75, 3.05) is 0 Å². The monoisotopic (exact) mass is 252 g/mol. The van der Waals surface area contributed by atoms with Gasteiger partial charge in [-0.2, -0.15) is 0 Å². The fourth-order valence-electron chi connectivity index (χ4n) is 2.64. The van der Waals surface area contributed by atoms with Crippen molar-refractivity contribution in [1.82, 2.24) is 9.55 Å². The molecule has 0 bridgehead atoms. The lowest BCUT2D eigenvalue weighted by Crippen LogP contribution is -2.04. The van der Waals surface area contributed by atoms with Gasteiger partial charge in [-0.15, -0.1) is 0 Å². The van der Waals surface area contributed by atoms with Crippen LogP contribution in [0.15, 0.2) is 18.2 Å². The number of para-hydroxylation sites is 1. The van der Waals surface area contributed by atoms with Gasteiger partial charge in [-0.3, -0.25) is 0 Å². The maximum Gasteiger partial charge on any atom is 0.178 e. The van der Waals surface area contributed by atoms with Crippen LogP contribution in [-0.2, 0) is 0 Å². The molecule has 1 N–H and O–H groups in total. The summed E-state index contributed by atoms with van der Waals surface area (Å²) in [6.45, 7) is 0. The zero-order valence-electron chi connectivity index (χ0n) is 8.87. The molecule has 1 aromatic carbocycles. The third kappa shape index (κ3) is 1.50. The molecular weight excluding hydrogens is 240 g/mol. The van der Waals surface area contributed by atoms with Gasteiger partial charge in [0.15, 0.2) is 4.77 Å². The summed E-state index contributed by atoms with van der Waals surface area (Å²) in [6.07, 6.45) is 5.07. The summed E-state index contributed by atoms with van der Waals surface area (Å²) in [7, 11) is 0. The largest absolute Gasteiger partial charge is 0.329 e. The van der Waals surface area contributed by atoms with Crippen molar-refractivity contribution in [2.45, 2.75) is 31.7 Å². The average Bonchev–Trinajstić information content (AvgIpc) is 2.85. The van der Waals surface area contributed by atoms with Crippen LogP contribution in [0.4, 0.5) is 0 Å². The number of rotatable bonds is 1. The van der Waals surface area contributed by atoms with E-state index in [2.05, 4.69) is 15.6 Å². The fraction of sp³-hybridized carbons (Fsp3) is 0.417. The van der Waals surface area contributed by atoms with Gasteiger partial charge < -0.3 is 9.55 Å². The number of aromatic nitrogens is 2. The normalized spacial score (nSPS) is 17.3. The quantitative estimate of drug-likeness (QED) is 0.743. The van der Waals surface area contributed by atoms with Gasteiger partial charge in [0.05, 0.1) is 16.1 Å². The summed E-state index contributed by atoms with van der Waals surface area (Å²) in [5.41, 5.74) is 2.12. The molecule has 1 aromatic heterocycles. The van der Waals surface area contributed by atoms with Gasteiger partial charge in [-0.05, 0) is 37.2 Å². The number of hydrogen-bond donors (Lipinski definition) is 1. The summed E-state index contributed by atoms with van der Waals surface area (Å²) in [5.74, 6) is 0. The Kier molecular flexibility index (Phi) is 2.52. The Bertz CT molecular complexity index is 578. The summed E-state index contributed by atoms with van der Waals surface area (Å²) >= 11 is 11.6. The van der Waals surface area contributed by atoms with E-state index < -0.39 is 0 Å². The van der Waals surface area contributed by atoms with E-state index in [1.807, 2.05) is 12.1 Å². The lowest BCUT2D eigenvalue weighted by Gasteiger charge is -2.12. The van der Waals surface area contributed by atoms with Gasteiger partial charge in [0.25, 0.3) is 0 Å². The Morgan fingerprint density at radius 1 is 1.31 bits per heavy atom. The number of aromatic amines is 1. The molecule has 16 heavy (non-hydrogen) atoms. The van der Waals surface area contributed by atoms with Gasteiger partial charge in [0, 0.05) is 6.04 Å². The zero-order valence-corrected chi connectivity index (χ0v) is 10.4. The number of fused-ring (bicyclic) bond motifs is 1. The van der Waals surface area contributed by atoms with Crippen LogP contribution in [0.1, 0.15) is 31.7 Å². The van der Waals surface area contributed by atoms with Crippen LogP contribution in [0, 0.1) is 4.77 Å². The van der Waals surface area contributed by atoms with Crippen LogP contribution in [0.2, 0.25) is 5.02 Å². The molecule has 1 saturated carbocycles. The smallest absolute Gasteiger partial charge is 0.178 e. The van der Waals surface area contributed by atoms with E-state index in [0.717, 1.165) is 20.8 Å². The van der Waals surface area contributed by atoms with Gasteiger partial charge in [0.2, 0.25) is 0 Å². The van der Waals surface area contributed by atoms with E-state index in [0.29, 0.717) is 6.04 Å². The van der Waals surface area contributed by atoms with Crippen molar-refractivity contribution >= 4 is 34.9 Å². The number of nitrogens with zero attached hydrogens (tertiary/aromatic N) is 1. The molecule has 0 radical (unpaired) electrons. The summed E-state index contributed by atoms with van der Waals surface area (Å²) in [4.78, 5) is 3.22. The van der Waals surface area contributed by atoms with Crippen LogP contribution >= 0.6 is 23.8 Å². The summed E-state index contributed by atoms with van der Waals surface area (Å²) < 4.78 is 3.04. The second-order valence-electron chi connectivity index (χ2n) is 4.37. The number of H-pyrrole nitrogens is 1. The van der Waals surface area contributed by atoms with Crippen molar-refractivity contribution in [3.8, 4) is 0 Å². The van der Waals surface area contributed by atoms with Crippen molar-refractivity contribution in [3.05, 3.63) is 28.0 Å². The fourth-order valence-corrected chi connectivity index (χ4v) is 3.21. The molecule has 84 valence electrons. The number of hydrogen-bond acceptors (Lipinski definition) is 1. The van der Waals surface area contributed by atoms with Crippen molar-refractivity contribution < 1.29 is 0 Å². The van der Waals surface area contributed by atoms with E-state index in [1.165, 1.54) is 25.7 Å². The van der Waals surface area contributed by atoms with Crippen LogP contribution in [0.5, 0.6) is 0 Å². The molecule has 1 fully saturated rings. The topological polar surface area (TPSA) is 20.7 Å². The third-order valence-corrected chi connectivity index (χ3v) is 4.01. The highest BCUT2D eigenvalue weighted by Crippen LogP contribution is 2.33. The van der Waals surface area contributed by atoms with Crippen molar-refractivity contribution in [3.63, 3.8) is 0 Å². The Hall–Kier alpha value is -0.800. The number of nitrogens with one attached hydrogen (secondary N) is 1. The Morgan fingerprint density at radius 3 is 2.81 bits per heavy atom. The van der Waals surface area contributed by atoms with Gasteiger partial charge in [-0.1, -0.05) is 30.5 Å². The molecule has 1 heterocycles. The number of halogens is 1. The second-order valence-corrected chi connectivity index (χ2v) is 5.17. The summed E-state index contributed by atoms with van der Waals surface area (Å²) in [6, 6.07) is 6.53. The Balaban J connectivity index is 2.27. The first-order chi connectivity index (χ1) is 7.77. The van der Waals surface area contributed by atoms with Gasteiger partial charge >= 0.3 is 0 Å². The summed E-state index contributed by atoms with van der Waals surface area (Å²) in [5, 5.41) is 0.750. The highest BCUT2D eigenvalue weighted by molar-refractivity contribution is 7.71. The van der Waals surface area contributed by atoms with Crippen LogP contribution in [0.25, 0.3) is 11.0 Å². The molecule has 2 aromatic rings. The third-order valence-electron chi connectivity index (χ3n) is 3.39. The van der Waals surface area contributed by atoms with E-state index >= 15 is 0 Å². The molecule has 0 unspecified atom stereocenters. The first-order valence-electron chi connectivity index (χ1n) is 5.66. The molecule has 4 heteroatoms. The molecular formula is C12H13ClN2S. The molecule has 0 atom stereocenters. The molecule has 3 rings (SSSR count).